The molecule has 1 aromatic heterocycles. The zero-order chi connectivity index (χ0) is 15.3. The number of H-pyrrole nitrogens is 1. The predicted molar refractivity (Wildman–Crippen MR) is 70.6 cm³/mol. The van der Waals surface area contributed by atoms with Crippen LogP contribution in [-0.2, 0) is 0 Å². The van der Waals surface area contributed by atoms with E-state index in [0.717, 1.165) is 12.1 Å². The van der Waals surface area contributed by atoms with Gasteiger partial charge in [0.2, 0.25) is 0 Å². The first-order chi connectivity index (χ1) is 9.34. The number of carbonyl (C=O) groups is 2. The number of nitrogens with one attached hydrogen (secondary N) is 1. The van der Waals surface area contributed by atoms with Crippen LogP contribution in [0.4, 0.5) is 4.39 Å². The molecule has 2 rings (SSSR count). The number of carboxylic acid groups (broad SMARTS) is 2. The van der Waals surface area contributed by atoms with E-state index < -0.39 is 23.3 Å². The maximum absolute atomic E-state index is 13.0. The maximum atomic E-state index is 13.0. The summed E-state index contributed by atoms with van der Waals surface area (Å²) >= 11 is 0. The van der Waals surface area contributed by atoms with Crippen LogP contribution < -0.4 is 0 Å². The van der Waals surface area contributed by atoms with Gasteiger partial charge in [-0.05, 0) is 43.7 Å². The van der Waals surface area contributed by atoms with Gasteiger partial charge in [0, 0.05) is 11.9 Å². The highest BCUT2D eigenvalue weighted by atomic mass is 19.1. The summed E-state index contributed by atoms with van der Waals surface area (Å²) < 4.78 is 13.0. The summed E-state index contributed by atoms with van der Waals surface area (Å²) in [6.07, 6.45) is 1.91. The highest BCUT2D eigenvalue weighted by Crippen LogP contribution is 2.17. The number of aryl methyl sites for hydroxylation is 1. The number of hydrogen-bond donors (Lipinski definition) is 3. The van der Waals surface area contributed by atoms with Gasteiger partial charge in [-0.3, -0.25) is 0 Å². The number of benzene rings is 1. The monoisotopic (exact) mass is 279 g/mol. The molecule has 0 unspecified atom stereocenters. The zero-order valence-corrected chi connectivity index (χ0v) is 11.0. The highest BCUT2D eigenvalue weighted by Gasteiger charge is 2.19. The standard InChI is InChI=1S/C9H7FO4.C5H7N/c1-4-5(8(11)12)2-3-6(10)7(4)9(13)14;1-5-3-2-4-6-5/h2-3H,1H3,(H,11,12)(H,13,14);2-4,6H,1H3. The predicted octanol–water partition coefficient (Wildman–Crippen LogP) is 2.85. The van der Waals surface area contributed by atoms with Gasteiger partial charge in [-0.2, -0.15) is 0 Å². The molecule has 0 saturated heterocycles. The topological polar surface area (TPSA) is 90.4 Å². The normalized spacial score (nSPS) is 9.55. The summed E-state index contributed by atoms with van der Waals surface area (Å²) in [7, 11) is 0. The quantitative estimate of drug-likeness (QED) is 0.788. The number of rotatable bonds is 2. The van der Waals surface area contributed by atoms with Crippen LogP contribution in [0.5, 0.6) is 0 Å². The van der Waals surface area contributed by atoms with E-state index in [1.54, 1.807) is 0 Å². The van der Waals surface area contributed by atoms with Crippen molar-refractivity contribution in [2.45, 2.75) is 13.8 Å². The molecule has 0 atom stereocenters. The lowest BCUT2D eigenvalue weighted by molar-refractivity contribution is 0.0691. The van der Waals surface area contributed by atoms with E-state index in [2.05, 4.69) is 4.98 Å². The summed E-state index contributed by atoms with van der Waals surface area (Å²) in [6, 6.07) is 5.88. The Morgan fingerprint density at radius 2 is 1.75 bits per heavy atom. The van der Waals surface area contributed by atoms with Gasteiger partial charge in [0.15, 0.2) is 0 Å². The summed E-state index contributed by atoms with van der Waals surface area (Å²) in [5.41, 5.74) is 0.341. The minimum absolute atomic E-state index is 0.0787. The molecular formula is C14H14FNO4. The molecule has 1 aromatic carbocycles. The average Bonchev–Trinajstić information content (AvgIpc) is 2.80. The Kier molecular flexibility index (Phi) is 5.02. The molecule has 0 radical (unpaired) electrons. The van der Waals surface area contributed by atoms with Crippen molar-refractivity contribution >= 4 is 11.9 Å². The Labute approximate surface area is 114 Å². The first-order valence-corrected chi connectivity index (χ1v) is 5.70. The summed E-state index contributed by atoms with van der Waals surface area (Å²) in [5.74, 6) is -3.67. The van der Waals surface area contributed by atoms with E-state index in [-0.39, 0.29) is 11.1 Å². The molecule has 0 bridgehead atoms. The van der Waals surface area contributed by atoms with Crippen LogP contribution >= 0.6 is 0 Å². The number of aromatic amines is 1. The molecule has 2 aromatic rings. The fourth-order valence-electron chi connectivity index (χ4n) is 1.59. The van der Waals surface area contributed by atoms with Gasteiger partial charge in [-0.1, -0.05) is 0 Å². The van der Waals surface area contributed by atoms with Crippen molar-refractivity contribution in [1.82, 2.24) is 4.98 Å². The molecule has 1 heterocycles. The van der Waals surface area contributed by atoms with Crippen LogP contribution in [0.15, 0.2) is 30.5 Å². The van der Waals surface area contributed by atoms with Gasteiger partial charge in [0.05, 0.1) is 11.1 Å². The average molecular weight is 279 g/mol. The molecule has 5 nitrogen and oxygen atoms in total. The smallest absolute Gasteiger partial charge is 0.338 e. The molecule has 0 spiro atoms. The van der Waals surface area contributed by atoms with Gasteiger partial charge in [-0.15, -0.1) is 0 Å². The van der Waals surface area contributed by atoms with E-state index in [9.17, 15) is 14.0 Å². The van der Waals surface area contributed by atoms with Gasteiger partial charge in [0.1, 0.15) is 5.82 Å². The fraction of sp³-hybridized carbons (Fsp3) is 0.143. The Bertz CT molecular complexity index is 620. The second-order valence-corrected chi connectivity index (χ2v) is 4.06. The Morgan fingerprint density at radius 3 is 2.10 bits per heavy atom. The number of hydrogen-bond acceptors (Lipinski definition) is 2. The van der Waals surface area contributed by atoms with Crippen molar-refractivity contribution in [3.8, 4) is 0 Å². The van der Waals surface area contributed by atoms with Gasteiger partial charge < -0.3 is 15.2 Å². The van der Waals surface area contributed by atoms with E-state index in [0.29, 0.717) is 0 Å². The first kappa shape index (κ1) is 15.4. The molecule has 0 aliphatic carbocycles. The lowest BCUT2D eigenvalue weighted by Crippen LogP contribution is -2.09. The molecule has 3 N–H and O–H groups in total. The van der Waals surface area contributed by atoms with Crippen molar-refractivity contribution in [1.29, 1.82) is 0 Å². The minimum Gasteiger partial charge on any atom is -0.478 e. The molecule has 106 valence electrons. The van der Waals surface area contributed by atoms with Crippen LogP contribution in [0.1, 0.15) is 32.0 Å². The molecule has 0 amide bonds. The fourth-order valence-corrected chi connectivity index (χ4v) is 1.59. The minimum atomic E-state index is -1.47. The number of aromatic carboxylic acids is 2. The molecule has 0 fully saturated rings. The number of aromatic nitrogens is 1. The van der Waals surface area contributed by atoms with Gasteiger partial charge in [0.25, 0.3) is 0 Å². The molecule has 0 saturated carbocycles. The molecule has 20 heavy (non-hydrogen) atoms. The second kappa shape index (κ2) is 6.51. The molecular weight excluding hydrogens is 265 g/mol. The largest absolute Gasteiger partial charge is 0.478 e. The van der Waals surface area contributed by atoms with Crippen LogP contribution in [-0.4, -0.2) is 27.1 Å². The maximum Gasteiger partial charge on any atom is 0.338 e. The van der Waals surface area contributed by atoms with E-state index >= 15 is 0 Å². The summed E-state index contributed by atoms with van der Waals surface area (Å²) in [4.78, 5) is 24.2. The second-order valence-electron chi connectivity index (χ2n) is 4.06. The van der Waals surface area contributed by atoms with Crippen LogP contribution in [0.2, 0.25) is 0 Å². The van der Waals surface area contributed by atoms with Crippen LogP contribution in [0.25, 0.3) is 0 Å². The lowest BCUT2D eigenvalue weighted by atomic mass is 10.0. The third-order valence-electron chi connectivity index (χ3n) is 2.61. The Morgan fingerprint density at radius 1 is 1.10 bits per heavy atom. The number of carboxylic acids is 2. The summed E-state index contributed by atoms with van der Waals surface area (Å²) in [6.45, 7) is 3.29. The van der Waals surface area contributed by atoms with Gasteiger partial charge in [-0.25, -0.2) is 14.0 Å². The summed E-state index contributed by atoms with van der Waals surface area (Å²) in [5, 5.41) is 17.3. The van der Waals surface area contributed by atoms with Crippen molar-refractivity contribution in [3.63, 3.8) is 0 Å². The molecule has 0 aliphatic heterocycles. The Balaban J connectivity index is 0.000000276. The van der Waals surface area contributed by atoms with Crippen molar-refractivity contribution in [3.05, 3.63) is 58.7 Å². The van der Waals surface area contributed by atoms with E-state index in [1.807, 2.05) is 25.3 Å². The lowest BCUT2D eigenvalue weighted by Gasteiger charge is -2.05. The van der Waals surface area contributed by atoms with Gasteiger partial charge >= 0.3 is 11.9 Å². The van der Waals surface area contributed by atoms with E-state index in [1.165, 1.54) is 12.6 Å². The highest BCUT2D eigenvalue weighted by molar-refractivity contribution is 5.96. The van der Waals surface area contributed by atoms with Crippen molar-refractivity contribution in [2.75, 3.05) is 0 Å². The molecule has 0 aliphatic rings. The van der Waals surface area contributed by atoms with E-state index in [4.69, 9.17) is 10.2 Å². The third-order valence-corrected chi connectivity index (χ3v) is 2.61. The first-order valence-electron chi connectivity index (χ1n) is 5.70. The Hall–Kier alpha value is -2.63. The van der Waals surface area contributed by atoms with Crippen molar-refractivity contribution < 1.29 is 24.2 Å². The van der Waals surface area contributed by atoms with Crippen molar-refractivity contribution in [2.24, 2.45) is 0 Å². The third kappa shape index (κ3) is 3.68. The zero-order valence-electron chi connectivity index (χ0n) is 11.0. The number of halogens is 1. The van der Waals surface area contributed by atoms with Crippen LogP contribution in [0.3, 0.4) is 0 Å². The SMILES string of the molecule is Cc1c(C(=O)O)ccc(F)c1C(=O)O.Cc1ccc[nH]1. The van der Waals surface area contributed by atoms with Crippen LogP contribution in [0, 0.1) is 19.7 Å². The molecule has 6 heteroatoms.